The average molecular weight is 780 g/mol. The molecule has 1 saturated heterocycles. The number of aromatic nitrogens is 3. The lowest BCUT2D eigenvalue weighted by Gasteiger charge is -2.17. The van der Waals surface area contributed by atoms with Gasteiger partial charge in [-0.1, -0.05) is 23.2 Å². The molecule has 17 nitrogen and oxygen atoms in total. The second-order valence-corrected chi connectivity index (χ2v) is 12.8. The van der Waals surface area contributed by atoms with Gasteiger partial charge < -0.3 is 25.2 Å². The SMILES string of the molecule is CN=C1NN(c2cc(Cl)ccc2Cl)C(=O)C1n1cc(C(=O)OCCOc2ccc3nsc(N=Nc4cc(NC(C)=O)c(O)c(NC(C)=O)c4)c3c2)cn1. The van der Waals surface area contributed by atoms with E-state index in [1.807, 2.05) is 0 Å². The molecule has 0 aliphatic carbocycles. The number of anilines is 3. The standard InChI is InChI=1S/C33H28Cl2N10O7S/c1-16(46)38-25-11-20(12-26(29(25)48)39-17(2)47)40-41-31-22-13-21(5-7-24(22)43-53-31)51-8-9-52-33(50)18-14-37-44(15-18)28-30(36-3)42-45(32(28)49)27-10-19(34)4-6-23(27)35/h4-7,10-15,28,48H,8-9H2,1-3H3,(H,36,42)(H,38,46)(H,39,47). The minimum atomic E-state index is -0.991. The third kappa shape index (κ3) is 8.19. The molecule has 2 aromatic heterocycles. The largest absolute Gasteiger partial charge is 0.504 e. The van der Waals surface area contributed by atoms with Gasteiger partial charge in [0.15, 0.2) is 22.6 Å². The molecule has 3 aromatic carbocycles. The quantitative estimate of drug-likeness (QED) is 0.0516. The lowest BCUT2D eigenvalue weighted by molar-refractivity contribution is -0.119. The molecule has 0 spiro atoms. The molecule has 1 atom stereocenters. The van der Waals surface area contributed by atoms with Crippen molar-refractivity contribution in [2.45, 2.75) is 19.9 Å². The van der Waals surface area contributed by atoms with Gasteiger partial charge >= 0.3 is 5.97 Å². The van der Waals surface area contributed by atoms with E-state index in [2.05, 4.69) is 40.8 Å². The lowest BCUT2D eigenvalue weighted by atomic mass is 10.2. The second-order valence-electron chi connectivity index (χ2n) is 11.2. The molecule has 1 unspecified atom stereocenters. The number of hydrazine groups is 1. The van der Waals surface area contributed by atoms with Crippen LogP contribution < -0.4 is 25.8 Å². The number of hydrogen-bond donors (Lipinski definition) is 4. The summed E-state index contributed by atoms with van der Waals surface area (Å²) in [6.45, 7) is 2.47. The first-order chi connectivity index (χ1) is 25.4. The summed E-state index contributed by atoms with van der Waals surface area (Å²) in [7, 11) is 1.51. The molecule has 4 N–H and O–H groups in total. The number of nitrogens with one attached hydrogen (secondary N) is 3. The maximum atomic E-state index is 13.4. The Morgan fingerprint density at radius 3 is 2.45 bits per heavy atom. The maximum absolute atomic E-state index is 13.4. The number of azo groups is 1. The number of benzene rings is 3. The number of phenols is 1. The van der Waals surface area contributed by atoms with Gasteiger partial charge in [-0.25, -0.2) is 9.80 Å². The molecule has 3 amide bonds. The summed E-state index contributed by atoms with van der Waals surface area (Å²) >= 11 is 13.5. The summed E-state index contributed by atoms with van der Waals surface area (Å²) in [6, 6.07) is 11.7. The van der Waals surface area contributed by atoms with Crippen molar-refractivity contribution < 1.29 is 33.8 Å². The fraction of sp³-hybridized carbons (Fsp3) is 0.182. The van der Waals surface area contributed by atoms with Crippen LogP contribution in [0.4, 0.5) is 27.8 Å². The number of esters is 1. The molecule has 6 rings (SSSR count). The van der Waals surface area contributed by atoms with Crippen molar-refractivity contribution in [1.29, 1.82) is 0 Å². The summed E-state index contributed by atoms with van der Waals surface area (Å²) < 4.78 is 16.9. The van der Waals surface area contributed by atoms with E-state index in [0.29, 0.717) is 37.4 Å². The number of phenolic OH excluding ortho intramolecular Hbond substituents is 1. The van der Waals surface area contributed by atoms with Crippen LogP contribution in [0.5, 0.6) is 11.5 Å². The number of amides is 3. The van der Waals surface area contributed by atoms with Crippen LogP contribution in [0.3, 0.4) is 0 Å². The molecular formula is C33H28Cl2N10O7S. The van der Waals surface area contributed by atoms with Crippen molar-refractivity contribution >= 4 is 103 Å². The molecule has 1 aliphatic rings. The average Bonchev–Trinajstić information content (AvgIpc) is 3.85. The Morgan fingerprint density at radius 2 is 1.75 bits per heavy atom. The highest BCUT2D eigenvalue weighted by molar-refractivity contribution is 7.11. The van der Waals surface area contributed by atoms with Crippen LogP contribution in [-0.2, 0) is 19.1 Å². The summed E-state index contributed by atoms with van der Waals surface area (Å²) in [6.07, 6.45) is 2.67. The number of aromatic hydroxyl groups is 1. The van der Waals surface area contributed by atoms with E-state index in [0.717, 1.165) is 11.5 Å². The Labute approximate surface area is 314 Å². The van der Waals surface area contributed by atoms with E-state index >= 15 is 0 Å². The number of nitrogens with zero attached hydrogens (tertiary/aromatic N) is 7. The monoisotopic (exact) mass is 778 g/mol. The lowest BCUT2D eigenvalue weighted by Crippen LogP contribution is -2.36. The highest BCUT2D eigenvalue weighted by Gasteiger charge is 2.41. The molecule has 1 fully saturated rings. The Bertz CT molecular complexity index is 2290. The van der Waals surface area contributed by atoms with E-state index in [1.54, 1.807) is 30.3 Å². The molecule has 0 radical (unpaired) electrons. The number of fused-ring (bicyclic) bond motifs is 1. The maximum Gasteiger partial charge on any atom is 0.341 e. The number of carbonyl (C=O) groups is 4. The fourth-order valence-electron chi connectivity index (χ4n) is 5.10. The molecule has 0 bridgehead atoms. The van der Waals surface area contributed by atoms with Crippen molar-refractivity contribution in [1.82, 2.24) is 19.6 Å². The fourth-order valence-corrected chi connectivity index (χ4v) is 6.15. The third-order valence-corrected chi connectivity index (χ3v) is 8.74. The number of carbonyl (C=O) groups excluding carboxylic acids is 4. The second kappa shape index (κ2) is 15.6. The Morgan fingerprint density at radius 1 is 1.02 bits per heavy atom. The van der Waals surface area contributed by atoms with E-state index in [9.17, 15) is 24.3 Å². The van der Waals surface area contributed by atoms with Crippen LogP contribution in [-0.4, -0.2) is 69.0 Å². The van der Waals surface area contributed by atoms with Gasteiger partial charge in [0.25, 0.3) is 5.91 Å². The molecule has 0 saturated carbocycles. The number of rotatable bonds is 11. The van der Waals surface area contributed by atoms with E-state index in [1.165, 1.54) is 61.2 Å². The Kier molecular flexibility index (Phi) is 10.8. The predicted octanol–water partition coefficient (Wildman–Crippen LogP) is 6.19. The molecule has 3 heterocycles. The van der Waals surface area contributed by atoms with Crippen molar-refractivity contribution in [2.75, 3.05) is 35.9 Å². The number of halogens is 2. The highest BCUT2D eigenvalue weighted by Crippen LogP contribution is 2.39. The van der Waals surface area contributed by atoms with E-state index in [4.69, 9.17) is 32.7 Å². The van der Waals surface area contributed by atoms with Gasteiger partial charge in [0.2, 0.25) is 11.8 Å². The van der Waals surface area contributed by atoms with Gasteiger partial charge in [-0.05, 0) is 60.1 Å². The molecule has 5 aromatic rings. The third-order valence-electron chi connectivity index (χ3n) is 7.42. The first kappa shape index (κ1) is 36.7. The van der Waals surface area contributed by atoms with Crippen molar-refractivity contribution in [3.8, 4) is 11.5 Å². The zero-order chi connectivity index (χ0) is 37.8. The van der Waals surface area contributed by atoms with Gasteiger partial charge in [0.1, 0.15) is 19.0 Å². The van der Waals surface area contributed by atoms with Gasteiger partial charge in [-0.2, -0.15) is 9.47 Å². The number of hydrogen-bond acceptors (Lipinski definition) is 13. The number of ether oxygens (including phenoxy) is 2. The van der Waals surface area contributed by atoms with Crippen LogP contribution in [0.25, 0.3) is 10.9 Å². The minimum absolute atomic E-state index is 0.0121. The zero-order valence-corrected chi connectivity index (χ0v) is 30.3. The molecule has 272 valence electrons. The number of amidine groups is 1. The smallest absolute Gasteiger partial charge is 0.341 e. The van der Waals surface area contributed by atoms with Crippen LogP contribution in [0.2, 0.25) is 10.0 Å². The Balaban J connectivity index is 1.08. The summed E-state index contributed by atoms with van der Waals surface area (Å²) in [4.78, 5) is 53.6. The van der Waals surface area contributed by atoms with Gasteiger partial charge in [0.05, 0.1) is 45.0 Å². The molecule has 1 aliphatic heterocycles. The predicted molar refractivity (Wildman–Crippen MR) is 198 cm³/mol. The first-order valence-corrected chi connectivity index (χ1v) is 17.0. The zero-order valence-electron chi connectivity index (χ0n) is 28.0. The summed E-state index contributed by atoms with van der Waals surface area (Å²) in [5.41, 5.74) is 4.32. The normalized spacial score (nSPS) is 14.9. The highest BCUT2D eigenvalue weighted by atomic mass is 35.5. The molecule has 20 heteroatoms. The van der Waals surface area contributed by atoms with Crippen molar-refractivity contribution in [3.05, 3.63) is 76.5 Å². The first-order valence-electron chi connectivity index (χ1n) is 15.5. The molecule has 53 heavy (non-hydrogen) atoms. The van der Waals surface area contributed by atoms with E-state index < -0.39 is 29.7 Å². The van der Waals surface area contributed by atoms with Crippen LogP contribution in [0.1, 0.15) is 30.2 Å². The summed E-state index contributed by atoms with van der Waals surface area (Å²) in [5.74, 6) is -1.59. The van der Waals surface area contributed by atoms with Crippen LogP contribution >= 0.6 is 34.7 Å². The van der Waals surface area contributed by atoms with Gasteiger partial charge in [0, 0.05) is 37.5 Å². The van der Waals surface area contributed by atoms with Gasteiger partial charge in [-0.3, -0.25) is 29.5 Å². The van der Waals surface area contributed by atoms with Crippen LogP contribution in [0, 0.1) is 0 Å². The number of aliphatic imine (C=N–C) groups is 1. The van der Waals surface area contributed by atoms with Gasteiger partial charge in [-0.15, -0.1) is 10.2 Å². The topological polar surface area (TPSA) is 214 Å². The molecular weight excluding hydrogens is 751 g/mol. The van der Waals surface area contributed by atoms with Crippen molar-refractivity contribution in [3.63, 3.8) is 0 Å². The summed E-state index contributed by atoms with van der Waals surface area (Å²) in [5, 5.41) is 31.1. The van der Waals surface area contributed by atoms with Crippen molar-refractivity contribution in [2.24, 2.45) is 15.2 Å². The van der Waals surface area contributed by atoms with E-state index in [-0.39, 0.29) is 47.4 Å². The Hall–Kier alpha value is -6.11. The minimum Gasteiger partial charge on any atom is -0.504 e. The van der Waals surface area contributed by atoms with Crippen LogP contribution in [0.15, 0.2) is 76.1 Å².